The van der Waals surface area contributed by atoms with Gasteiger partial charge in [0.2, 0.25) is 17.7 Å². The molecular formula is C61H63F3N8O8S2. The average molecular weight is 1160 g/mol. The summed E-state index contributed by atoms with van der Waals surface area (Å²) in [5, 5.41) is 29.8. The Balaban J connectivity index is 0.751. The molecule has 4 atom stereocenters. The third-order valence-corrected chi connectivity index (χ3v) is 17.7. The van der Waals surface area contributed by atoms with Crippen LogP contribution in [0.3, 0.4) is 0 Å². The number of rotatable bonds is 15. The third-order valence-electron chi connectivity index (χ3n) is 15.7. The van der Waals surface area contributed by atoms with Gasteiger partial charge in [-0.25, -0.2) is 19.7 Å². The van der Waals surface area contributed by atoms with Crippen molar-refractivity contribution >= 4 is 73.4 Å². The number of aromatic nitrogens is 3. The van der Waals surface area contributed by atoms with E-state index in [4.69, 9.17) is 9.72 Å². The van der Waals surface area contributed by atoms with Gasteiger partial charge in [-0.15, -0.1) is 11.3 Å². The number of nitrogens with zero attached hydrogens (tertiary/aromatic N) is 5. The van der Waals surface area contributed by atoms with Gasteiger partial charge in [0, 0.05) is 43.6 Å². The molecule has 1 aliphatic carbocycles. The molecule has 5 heterocycles. The summed E-state index contributed by atoms with van der Waals surface area (Å²) < 4.78 is 51.4. The lowest BCUT2D eigenvalue weighted by Crippen LogP contribution is -2.58. The standard InChI is InChI=1S/C61H63F3N8O8S2/c1-33-41(42-24-25-49(67-51(42)58(78)79)71-27-26-36-10-8-12-43(44(36)31-71)55(75)70-59-66-45-13-6-7-15-48(45)82-59)11-9-14-47(33)80-40-22-16-35(17-23-40)28-50(74)68-54(60(3,4)5)57(77)72-30-39(73)29-46(72)56(76)69-53(61(62,63)64)38-20-18-37(19-21-38)52-34(2)65-32-81-52/h6-15,18-21,24-25,32,35,39-40,46,53-54,73H,16-17,22-23,26-31H2,1-5H3,(H,68,74)(H,69,76)(H,78,79)(H,66,70,75)/t35?,39-,40?,46+,53-,54-/m1/s1. The van der Waals surface area contributed by atoms with E-state index < -0.39 is 59.5 Å². The van der Waals surface area contributed by atoms with Crippen molar-refractivity contribution in [2.75, 3.05) is 23.3 Å². The Morgan fingerprint density at radius 2 is 1.60 bits per heavy atom. The summed E-state index contributed by atoms with van der Waals surface area (Å²) in [6.07, 6.45) is -3.36. The Hall–Kier alpha value is -7.75. The number of para-hydroxylation sites is 1. The summed E-state index contributed by atoms with van der Waals surface area (Å²) in [5.41, 5.74) is 6.81. The molecule has 3 aliphatic rings. The van der Waals surface area contributed by atoms with Gasteiger partial charge in [0.25, 0.3) is 5.91 Å². The first-order chi connectivity index (χ1) is 39.1. The summed E-state index contributed by atoms with van der Waals surface area (Å²) in [6, 6.07) is 23.1. The molecule has 1 saturated heterocycles. The first-order valence-corrected chi connectivity index (χ1v) is 29.0. The number of ether oxygens (including phenoxy) is 1. The van der Waals surface area contributed by atoms with Crippen LogP contribution >= 0.6 is 22.7 Å². The number of halogens is 3. The van der Waals surface area contributed by atoms with E-state index in [1.807, 2.05) is 66.4 Å². The molecule has 2 fully saturated rings. The minimum absolute atomic E-state index is 0.0567. The number of amides is 4. The number of pyridine rings is 1. The van der Waals surface area contributed by atoms with Crippen molar-refractivity contribution < 1.29 is 52.1 Å². The summed E-state index contributed by atoms with van der Waals surface area (Å²) in [7, 11) is 0. The van der Waals surface area contributed by atoms with Gasteiger partial charge in [-0.3, -0.25) is 24.5 Å². The highest BCUT2D eigenvalue weighted by Gasteiger charge is 2.48. The number of aliphatic hydroxyl groups is 1. The van der Waals surface area contributed by atoms with E-state index >= 15 is 0 Å². The number of carbonyl (C=O) groups is 5. The fraction of sp³-hybridized carbons (Fsp3) is 0.377. The highest BCUT2D eigenvalue weighted by molar-refractivity contribution is 7.22. The van der Waals surface area contributed by atoms with E-state index in [0.29, 0.717) is 84.1 Å². The number of carboxylic acid groups (broad SMARTS) is 1. The second-order valence-corrected chi connectivity index (χ2v) is 24.3. The smallest absolute Gasteiger partial charge is 0.412 e. The largest absolute Gasteiger partial charge is 0.490 e. The molecule has 0 radical (unpaired) electrons. The number of alkyl halides is 3. The monoisotopic (exact) mass is 1160 g/mol. The van der Waals surface area contributed by atoms with Crippen LogP contribution in [-0.2, 0) is 27.3 Å². The lowest BCUT2D eigenvalue weighted by Gasteiger charge is -2.36. The Labute approximate surface area is 480 Å². The number of aliphatic hydroxyl groups excluding tert-OH is 1. The van der Waals surface area contributed by atoms with Gasteiger partial charge >= 0.3 is 12.1 Å². The molecular weight excluding hydrogens is 1090 g/mol. The maximum absolute atomic E-state index is 14.6. The number of aryl methyl sites for hydroxylation is 1. The van der Waals surface area contributed by atoms with E-state index in [1.54, 1.807) is 51.4 Å². The minimum Gasteiger partial charge on any atom is -0.490 e. The SMILES string of the molecule is Cc1ncsc1-c1ccc([C@@H](NC(=O)[C@@H]2C[C@@H](O)CN2C(=O)[C@@H](NC(=O)CC2CCC(Oc3cccc(-c4ccc(N5CCc6cccc(C(=O)Nc7nc8ccccc8s7)c6C5)nc4C(=O)O)c3C)CC2)C(C)(C)C)C(F)(F)F)cc1. The third kappa shape index (κ3) is 12.5. The van der Waals surface area contributed by atoms with E-state index in [-0.39, 0.29) is 48.6 Å². The number of carbonyl (C=O) groups excluding carboxylic acids is 4. The maximum Gasteiger partial charge on any atom is 0.412 e. The van der Waals surface area contributed by atoms with Gasteiger partial charge in [0.1, 0.15) is 23.7 Å². The van der Waals surface area contributed by atoms with E-state index in [0.717, 1.165) is 42.4 Å². The van der Waals surface area contributed by atoms with Crippen molar-refractivity contribution in [3.05, 3.63) is 142 Å². The summed E-state index contributed by atoms with van der Waals surface area (Å²) >= 11 is 2.76. The number of hydrogen-bond donors (Lipinski definition) is 5. The van der Waals surface area contributed by atoms with Crippen LogP contribution in [0.2, 0.25) is 0 Å². The number of benzene rings is 4. The molecule has 10 rings (SSSR count). The van der Waals surface area contributed by atoms with Crippen LogP contribution in [0.15, 0.2) is 103 Å². The van der Waals surface area contributed by atoms with Crippen molar-refractivity contribution in [2.24, 2.45) is 11.3 Å². The number of β-amino-alcohol motifs (C(OH)–C–C–N with tert-alkyl or cyclic N) is 1. The molecule has 2 aliphatic heterocycles. The number of likely N-dealkylation sites (tertiary alicyclic amines) is 1. The van der Waals surface area contributed by atoms with Gasteiger partial charge in [-0.1, -0.05) is 92.8 Å². The second kappa shape index (κ2) is 23.6. The molecule has 0 spiro atoms. The number of anilines is 2. The van der Waals surface area contributed by atoms with Gasteiger partial charge in [-0.2, -0.15) is 13.2 Å². The molecule has 3 aromatic heterocycles. The van der Waals surface area contributed by atoms with E-state index in [9.17, 15) is 47.4 Å². The highest BCUT2D eigenvalue weighted by atomic mass is 32.1. The number of fused-ring (bicyclic) bond motifs is 2. The van der Waals surface area contributed by atoms with Crippen molar-refractivity contribution in [1.29, 1.82) is 0 Å². The van der Waals surface area contributed by atoms with Crippen LogP contribution in [0.1, 0.15) is 114 Å². The first-order valence-electron chi connectivity index (χ1n) is 27.3. The van der Waals surface area contributed by atoms with Gasteiger partial charge in [0.15, 0.2) is 16.9 Å². The summed E-state index contributed by atoms with van der Waals surface area (Å²) in [4.78, 5) is 85.9. The molecule has 5 N–H and O–H groups in total. The molecule has 82 heavy (non-hydrogen) atoms. The predicted octanol–water partition coefficient (Wildman–Crippen LogP) is 10.9. The van der Waals surface area contributed by atoms with Gasteiger partial charge < -0.3 is 35.4 Å². The van der Waals surface area contributed by atoms with E-state index in [2.05, 4.69) is 25.9 Å². The van der Waals surface area contributed by atoms with Crippen LogP contribution < -0.4 is 25.6 Å². The maximum atomic E-state index is 14.6. The van der Waals surface area contributed by atoms with Crippen molar-refractivity contribution in [2.45, 2.75) is 123 Å². The van der Waals surface area contributed by atoms with Crippen LogP contribution in [0.4, 0.5) is 24.1 Å². The van der Waals surface area contributed by atoms with Crippen molar-refractivity contribution in [3.8, 4) is 27.3 Å². The fourth-order valence-electron chi connectivity index (χ4n) is 11.4. The number of carboxylic acids is 1. The number of nitrogens with one attached hydrogen (secondary N) is 3. The quantitative estimate of drug-likeness (QED) is 0.0648. The molecule has 4 amide bonds. The average Bonchev–Trinajstić information content (AvgIpc) is 4.31. The highest BCUT2D eigenvalue weighted by Crippen LogP contribution is 2.39. The predicted molar refractivity (Wildman–Crippen MR) is 308 cm³/mol. The first kappa shape index (κ1) is 57.5. The van der Waals surface area contributed by atoms with Gasteiger partial charge in [0.05, 0.1) is 38.5 Å². The molecule has 1 saturated carbocycles. The molecule has 16 nitrogen and oxygen atoms in total. The minimum atomic E-state index is -4.89. The topological polar surface area (TPSA) is 216 Å². The summed E-state index contributed by atoms with van der Waals surface area (Å²) in [5.74, 6) is -2.65. The molecule has 7 aromatic rings. The fourth-order valence-corrected chi connectivity index (χ4v) is 13.0. The van der Waals surface area contributed by atoms with Crippen LogP contribution in [0.25, 0.3) is 31.8 Å². The molecule has 21 heteroatoms. The van der Waals surface area contributed by atoms with Crippen molar-refractivity contribution in [3.63, 3.8) is 0 Å². The Morgan fingerprint density at radius 1 is 0.854 bits per heavy atom. The van der Waals surface area contributed by atoms with Crippen LogP contribution in [0.5, 0.6) is 5.75 Å². The van der Waals surface area contributed by atoms with Crippen LogP contribution in [-0.4, -0.2) is 103 Å². The molecule has 0 bridgehead atoms. The molecule has 428 valence electrons. The lowest BCUT2D eigenvalue weighted by molar-refractivity contribution is -0.165. The molecule has 0 unspecified atom stereocenters. The van der Waals surface area contributed by atoms with Crippen LogP contribution in [0, 0.1) is 25.2 Å². The Kier molecular flexibility index (Phi) is 16.6. The Morgan fingerprint density at radius 3 is 2.29 bits per heavy atom. The summed E-state index contributed by atoms with van der Waals surface area (Å²) in [6.45, 7) is 9.49. The zero-order chi connectivity index (χ0) is 58.2. The normalized spacial score (nSPS) is 19.0. The van der Waals surface area contributed by atoms with Crippen molar-refractivity contribution in [1.82, 2.24) is 30.5 Å². The number of aromatic carboxylic acids is 1. The number of thiazole rings is 2. The molecule has 4 aromatic carbocycles. The van der Waals surface area contributed by atoms with Gasteiger partial charge in [-0.05, 0) is 127 Å². The number of hydrogen-bond acceptors (Lipinski definition) is 13. The lowest BCUT2D eigenvalue weighted by atomic mass is 9.83. The Bertz CT molecular complexity index is 3520. The second-order valence-electron chi connectivity index (χ2n) is 22.5. The zero-order valence-corrected chi connectivity index (χ0v) is 47.5. The zero-order valence-electron chi connectivity index (χ0n) is 45.9. The van der Waals surface area contributed by atoms with E-state index in [1.165, 1.54) is 46.9 Å².